The van der Waals surface area contributed by atoms with Crippen LogP contribution in [0.2, 0.25) is 5.02 Å². The summed E-state index contributed by atoms with van der Waals surface area (Å²) in [6.45, 7) is 5.38. The molecule has 2 heteroatoms. The van der Waals surface area contributed by atoms with E-state index in [9.17, 15) is 0 Å². The summed E-state index contributed by atoms with van der Waals surface area (Å²) < 4.78 is 0. The van der Waals surface area contributed by atoms with Gasteiger partial charge in [0.05, 0.1) is 0 Å². The zero-order valence-electron chi connectivity index (χ0n) is 12.7. The van der Waals surface area contributed by atoms with Gasteiger partial charge >= 0.3 is 0 Å². The standard InChI is InChI=1S/C18H26ClN/c1-14(2)20-13-17(15-8-4-3-5-9-15)12-16-10-6-7-11-18(16)19/h6-7,10-12,14-15,20H,3-5,8-9,13H2,1-2H3/b17-12-. The Labute approximate surface area is 128 Å². The van der Waals surface area contributed by atoms with Crippen LogP contribution in [0.25, 0.3) is 6.08 Å². The van der Waals surface area contributed by atoms with Gasteiger partial charge in [-0.15, -0.1) is 0 Å². The average Bonchev–Trinajstić information content (AvgIpc) is 2.46. The number of nitrogens with one attached hydrogen (secondary N) is 1. The van der Waals surface area contributed by atoms with Crippen molar-refractivity contribution < 1.29 is 0 Å². The summed E-state index contributed by atoms with van der Waals surface area (Å²) >= 11 is 6.30. The van der Waals surface area contributed by atoms with Crippen LogP contribution in [0.1, 0.15) is 51.5 Å². The number of hydrogen-bond donors (Lipinski definition) is 1. The first-order chi connectivity index (χ1) is 9.66. The van der Waals surface area contributed by atoms with Crippen LogP contribution in [0.3, 0.4) is 0 Å². The third kappa shape index (κ3) is 4.64. The molecule has 110 valence electrons. The van der Waals surface area contributed by atoms with E-state index in [0.717, 1.165) is 23.0 Å². The van der Waals surface area contributed by atoms with Gasteiger partial charge < -0.3 is 5.32 Å². The summed E-state index contributed by atoms with van der Waals surface area (Å²) in [7, 11) is 0. The first-order valence-corrected chi connectivity index (χ1v) is 8.23. The number of hydrogen-bond acceptors (Lipinski definition) is 1. The Bertz CT molecular complexity index is 444. The Morgan fingerprint density at radius 1 is 1.25 bits per heavy atom. The summed E-state index contributed by atoms with van der Waals surface area (Å²) in [4.78, 5) is 0. The molecule has 0 aliphatic heterocycles. The Morgan fingerprint density at radius 3 is 2.60 bits per heavy atom. The zero-order chi connectivity index (χ0) is 14.4. The highest BCUT2D eigenvalue weighted by Crippen LogP contribution is 2.31. The van der Waals surface area contributed by atoms with Crippen LogP contribution < -0.4 is 5.32 Å². The first kappa shape index (κ1) is 15.6. The van der Waals surface area contributed by atoms with Crippen LogP contribution in [0, 0.1) is 5.92 Å². The second kappa shape index (κ2) is 7.85. The molecule has 2 rings (SSSR count). The van der Waals surface area contributed by atoms with E-state index in [1.807, 2.05) is 12.1 Å². The molecular weight excluding hydrogens is 266 g/mol. The number of rotatable bonds is 5. The number of halogens is 1. The highest BCUT2D eigenvalue weighted by molar-refractivity contribution is 6.32. The van der Waals surface area contributed by atoms with Crippen LogP contribution in [0.5, 0.6) is 0 Å². The largest absolute Gasteiger partial charge is 0.311 e. The molecule has 1 aliphatic carbocycles. The third-order valence-corrected chi connectivity index (χ3v) is 4.43. The Balaban J connectivity index is 2.18. The van der Waals surface area contributed by atoms with Crippen molar-refractivity contribution in [3.8, 4) is 0 Å². The van der Waals surface area contributed by atoms with Gasteiger partial charge in [0.15, 0.2) is 0 Å². The SMILES string of the molecule is CC(C)NC/C(=C/c1ccccc1Cl)C1CCCCC1. The van der Waals surface area contributed by atoms with Gasteiger partial charge in [0.1, 0.15) is 0 Å². The minimum atomic E-state index is 0.522. The van der Waals surface area contributed by atoms with Crippen molar-refractivity contribution in [2.45, 2.75) is 52.0 Å². The molecule has 0 amide bonds. The lowest BCUT2D eigenvalue weighted by Gasteiger charge is -2.26. The van der Waals surface area contributed by atoms with Crippen molar-refractivity contribution in [2.24, 2.45) is 5.92 Å². The Morgan fingerprint density at radius 2 is 1.95 bits per heavy atom. The second-order valence-corrected chi connectivity index (χ2v) is 6.52. The second-order valence-electron chi connectivity index (χ2n) is 6.11. The van der Waals surface area contributed by atoms with Gasteiger partial charge in [-0.3, -0.25) is 0 Å². The molecule has 1 nitrogen and oxygen atoms in total. The first-order valence-electron chi connectivity index (χ1n) is 7.85. The molecule has 0 unspecified atom stereocenters. The van der Waals surface area contributed by atoms with Crippen molar-refractivity contribution in [1.29, 1.82) is 0 Å². The molecule has 1 saturated carbocycles. The zero-order valence-corrected chi connectivity index (χ0v) is 13.4. The Kier molecular flexibility index (Phi) is 6.12. The lowest BCUT2D eigenvalue weighted by atomic mass is 9.83. The average molecular weight is 292 g/mol. The fraction of sp³-hybridized carbons (Fsp3) is 0.556. The van der Waals surface area contributed by atoms with Gasteiger partial charge in [-0.1, -0.05) is 74.6 Å². The van der Waals surface area contributed by atoms with E-state index in [4.69, 9.17) is 11.6 Å². The molecule has 0 atom stereocenters. The summed E-state index contributed by atoms with van der Waals surface area (Å²) in [5.74, 6) is 0.728. The van der Waals surface area contributed by atoms with Crippen LogP contribution in [-0.2, 0) is 0 Å². The van der Waals surface area contributed by atoms with Crippen molar-refractivity contribution in [3.05, 3.63) is 40.4 Å². The topological polar surface area (TPSA) is 12.0 Å². The van der Waals surface area contributed by atoms with E-state index < -0.39 is 0 Å². The van der Waals surface area contributed by atoms with Crippen molar-refractivity contribution in [2.75, 3.05) is 6.54 Å². The normalized spacial score (nSPS) is 17.7. The summed E-state index contributed by atoms with van der Waals surface area (Å²) in [6.07, 6.45) is 9.10. The molecule has 0 aromatic heterocycles. The van der Waals surface area contributed by atoms with Crippen LogP contribution in [-0.4, -0.2) is 12.6 Å². The lowest BCUT2D eigenvalue weighted by molar-refractivity contribution is 0.394. The molecule has 1 aromatic carbocycles. The molecule has 1 fully saturated rings. The van der Waals surface area contributed by atoms with E-state index in [1.54, 1.807) is 0 Å². The quantitative estimate of drug-likeness (QED) is 0.776. The molecule has 0 radical (unpaired) electrons. The van der Waals surface area contributed by atoms with Crippen LogP contribution >= 0.6 is 11.6 Å². The maximum absolute atomic E-state index is 6.30. The van der Waals surface area contributed by atoms with Crippen LogP contribution in [0.15, 0.2) is 29.8 Å². The summed E-state index contributed by atoms with van der Waals surface area (Å²) in [5, 5.41) is 4.42. The predicted octanol–water partition coefficient (Wildman–Crippen LogP) is 5.30. The molecule has 1 aliphatic rings. The lowest BCUT2D eigenvalue weighted by Crippen LogP contribution is -2.27. The smallest absolute Gasteiger partial charge is 0.0478 e. The van der Waals surface area contributed by atoms with E-state index in [2.05, 4.69) is 37.4 Å². The van der Waals surface area contributed by atoms with E-state index in [0.29, 0.717) is 6.04 Å². The minimum Gasteiger partial charge on any atom is -0.311 e. The molecule has 0 spiro atoms. The summed E-state index contributed by atoms with van der Waals surface area (Å²) in [6, 6.07) is 8.66. The fourth-order valence-electron chi connectivity index (χ4n) is 2.90. The summed E-state index contributed by atoms with van der Waals surface area (Å²) in [5.41, 5.74) is 2.67. The molecule has 1 aromatic rings. The molecule has 0 bridgehead atoms. The van der Waals surface area contributed by atoms with E-state index >= 15 is 0 Å². The maximum atomic E-state index is 6.30. The maximum Gasteiger partial charge on any atom is 0.0478 e. The molecular formula is C18H26ClN. The van der Waals surface area contributed by atoms with Gasteiger partial charge in [-0.05, 0) is 30.4 Å². The highest BCUT2D eigenvalue weighted by atomic mass is 35.5. The monoisotopic (exact) mass is 291 g/mol. The van der Waals surface area contributed by atoms with Crippen molar-refractivity contribution in [3.63, 3.8) is 0 Å². The van der Waals surface area contributed by atoms with Gasteiger partial charge in [-0.2, -0.15) is 0 Å². The van der Waals surface area contributed by atoms with E-state index in [1.165, 1.54) is 37.7 Å². The van der Waals surface area contributed by atoms with Gasteiger partial charge in [0.25, 0.3) is 0 Å². The Hall–Kier alpha value is -0.790. The van der Waals surface area contributed by atoms with Gasteiger partial charge in [0.2, 0.25) is 0 Å². The fourth-order valence-corrected chi connectivity index (χ4v) is 3.09. The van der Waals surface area contributed by atoms with Gasteiger partial charge in [-0.25, -0.2) is 0 Å². The molecule has 20 heavy (non-hydrogen) atoms. The molecule has 1 N–H and O–H groups in total. The minimum absolute atomic E-state index is 0.522. The molecule has 0 heterocycles. The van der Waals surface area contributed by atoms with Gasteiger partial charge in [0, 0.05) is 17.6 Å². The van der Waals surface area contributed by atoms with Crippen LogP contribution in [0.4, 0.5) is 0 Å². The van der Waals surface area contributed by atoms with E-state index in [-0.39, 0.29) is 0 Å². The van der Waals surface area contributed by atoms with Crippen molar-refractivity contribution in [1.82, 2.24) is 5.32 Å². The number of benzene rings is 1. The van der Waals surface area contributed by atoms with Crippen molar-refractivity contribution >= 4 is 17.7 Å². The highest BCUT2D eigenvalue weighted by Gasteiger charge is 2.18. The molecule has 0 saturated heterocycles. The predicted molar refractivity (Wildman–Crippen MR) is 89.1 cm³/mol. The third-order valence-electron chi connectivity index (χ3n) is 4.09.